The van der Waals surface area contributed by atoms with Gasteiger partial charge in [-0.15, -0.1) is 0 Å². The molecule has 2 rings (SSSR count). The lowest BCUT2D eigenvalue weighted by molar-refractivity contribution is -0.130. The zero-order valence-corrected chi connectivity index (χ0v) is 10.3. The van der Waals surface area contributed by atoms with Crippen molar-refractivity contribution >= 4 is 28.5 Å². The molecule has 0 aromatic carbocycles. The molecule has 3 nitrogen and oxygen atoms in total. The van der Waals surface area contributed by atoms with Crippen LogP contribution in [-0.4, -0.2) is 28.6 Å². The van der Waals surface area contributed by atoms with Crippen LogP contribution in [0.3, 0.4) is 0 Å². The SMILES string of the molecule is O=C(N[C@H]1CCC[C@@H]1I)C1CCCO1. The summed E-state index contributed by atoms with van der Waals surface area (Å²) >= 11 is 2.44. The predicted octanol–water partition coefficient (Wildman–Crippen LogP) is 1.64. The zero-order chi connectivity index (χ0) is 9.97. The van der Waals surface area contributed by atoms with Crippen LogP contribution in [0.2, 0.25) is 0 Å². The Labute approximate surface area is 98.1 Å². The molecule has 1 N–H and O–H groups in total. The van der Waals surface area contributed by atoms with Gasteiger partial charge in [-0.2, -0.15) is 0 Å². The van der Waals surface area contributed by atoms with Crippen LogP contribution in [0.25, 0.3) is 0 Å². The largest absolute Gasteiger partial charge is 0.368 e. The number of ether oxygens (including phenoxy) is 1. The summed E-state index contributed by atoms with van der Waals surface area (Å²) in [6.45, 7) is 0.746. The van der Waals surface area contributed by atoms with Gasteiger partial charge in [-0.05, 0) is 25.7 Å². The van der Waals surface area contributed by atoms with Gasteiger partial charge in [-0.25, -0.2) is 0 Å². The van der Waals surface area contributed by atoms with Gasteiger partial charge in [0.05, 0.1) is 0 Å². The van der Waals surface area contributed by atoms with E-state index in [1.54, 1.807) is 0 Å². The summed E-state index contributed by atoms with van der Waals surface area (Å²) in [6.07, 6.45) is 5.35. The van der Waals surface area contributed by atoms with Crippen molar-refractivity contribution in [1.82, 2.24) is 5.32 Å². The summed E-state index contributed by atoms with van der Waals surface area (Å²) in [5, 5.41) is 3.10. The van der Waals surface area contributed by atoms with Crippen molar-refractivity contribution in [2.24, 2.45) is 0 Å². The standard InChI is InChI=1S/C10H16INO2/c11-7-3-1-4-8(7)12-10(13)9-5-2-6-14-9/h7-9H,1-6H2,(H,12,13)/t7-,8-,9?/m0/s1. The van der Waals surface area contributed by atoms with Gasteiger partial charge in [-0.1, -0.05) is 29.0 Å². The van der Waals surface area contributed by atoms with Gasteiger partial charge in [0, 0.05) is 16.6 Å². The van der Waals surface area contributed by atoms with Gasteiger partial charge >= 0.3 is 0 Å². The summed E-state index contributed by atoms with van der Waals surface area (Å²) in [7, 11) is 0. The normalized spacial score (nSPS) is 37.4. The zero-order valence-electron chi connectivity index (χ0n) is 8.17. The van der Waals surface area contributed by atoms with Crippen molar-refractivity contribution in [1.29, 1.82) is 0 Å². The Balaban J connectivity index is 1.81. The Morgan fingerprint density at radius 3 is 2.71 bits per heavy atom. The Bertz CT molecular complexity index is 216. The van der Waals surface area contributed by atoms with Crippen molar-refractivity contribution in [3.63, 3.8) is 0 Å². The molecule has 0 radical (unpaired) electrons. The van der Waals surface area contributed by atoms with E-state index >= 15 is 0 Å². The maximum Gasteiger partial charge on any atom is 0.249 e. The lowest BCUT2D eigenvalue weighted by atomic mass is 10.2. The summed E-state index contributed by atoms with van der Waals surface area (Å²) in [5.41, 5.74) is 0. The van der Waals surface area contributed by atoms with Crippen LogP contribution in [0.5, 0.6) is 0 Å². The molecule has 0 bridgehead atoms. The molecule has 0 aromatic heterocycles. The molecule has 4 heteroatoms. The third kappa shape index (κ3) is 2.39. The first-order valence-corrected chi connectivity index (χ1v) is 6.58. The lowest BCUT2D eigenvalue weighted by Crippen LogP contribution is -2.43. The first kappa shape index (κ1) is 10.7. The molecule has 14 heavy (non-hydrogen) atoms. The monoisotopic (exact) mass is 309 g/mol. The number of rotatable bonds is 2. The number of nitrogens with one attached hydrogen (secondary N) is 1. The van der Waals surface area contributed by atoms with Crippen LogP contribution in [-0.2, 0) is 9.53 Å². The van der Waals surface area contributed by atoms with E-state index in [-0.39, 0.29) is 12.0 Å². The number of halogens is 1. The van der Waals surface area contributed by atoms with Gasteiger partial charge in [0.2, 0.25) is 5.91 Å². The minimum atomic E-state index is -0.167. The van der Waals surface area contributed by atoms with Crippen molar-refractivity contribution in [3.8, 4) is 0 Å². The van der Waals surface area contributed by atoms with Crippen molar-refractivity contribution < 1.29 is 9.53 Å². The van der Waals surface area contributed by atoms with Gasteiger partial charge in [0.15, 0.2) is 0 Å². The van der Waals surface area contributed by atoms with Crippen molar-refractivity contribution in [2.45, 2.75) is 48.2 Å². The molecule has 1 saturated carbocycles. The van der Waals surface area contributed by atoms with Crippen LogP contribution < -0.4 is 5.32 Å². The van der Waals surface area contributed by atoms with Crippen LogP contribution in [0.1, 0.15) is 32.1 Å². The quantitative estimate of drug-likeness (QED) is 0.622. The molecule has 2 fully saturated rings. The van der Waals surface area contributed by atoms with E-state index in [4.69, 9.17) is 4.74 Å². The second-order valence-corrected chi connectivity index (χ2v) is 5.66. The second-order valence-electron chi connectivity index (χ2n) is 4.06. The topological polar surface area (TPSA) is 38.3 Å². The molecule has 1 aliphatic carbocycles. The van der Waals surface area contributed by atoms with E-state index in [0.29, 0.717) is 9.97 Å². The van der Waals surface area contributed by atoms with Crippen molar-refractivity contribution in [3.05, 3.63) is 0 Å². The number of carbonyl (C=O) groups is 1. The lowest BCUT2D eigenvalue weighted by Gasteiger charge is -2.18. The van der Waals surface area contributed by atoms with Gasteiger partial charge in [0.1, 0.15) is 6.10 Å². The fourth-order valence-corrected chi connectivity index (χ4v) is 3.12. The third-order valence-corrected chi connectivity index (χ3v) is 4.47. The molecule has 0 spiro atoms. The molecular weight excluding hydrogens is 293 g/mol. The Morgan fingerprint density at radius 2 is 2.14 bits per heavy atom. The molecule has 3 atom stereocenters. The maximum atomic E-state index is 11.7. The van der Waals surface area contributed by atoms with E-state index in [0.717, 1.165) is 25.9 Å². The van der Waals surface area contributed by atoms with Crippen LogP contribution in [0.4, 0.5) is 0 Å². The highest BCUT2D eigenvalue weighted by molar-refractivity contribution is 14.1. The summed E-state index contributed by atoms with van der Waals surface area (Å²) in [5.74, 6) is 0.107. The predicted molar refractivity (Wildman–Crippen MR) is 62.6 cm³/mol. The van der Waals surface area contributed by atoms with Crippen LogP contribution in [0.15, 0.2) is 0 Å². The highest BCUT2D eigenvalue weighted by Crippen LogP contribution is 2.26. The fraction of sp³-hybridized carbons (Fsp3) is 0.900. The first-order chi connectivity index (χ1) is 6.77. The average molecular weight is 309 g/mol. The molecule has 80 valence electrons. The average Bonchev–Trinajstić information content (AvgIpc) is 2.77. The molecule has 1 heterocycles. The van der Waals surface area contributed by atoms with Gasteiger partial charge in [-0.3, -0.25) is 4.79 Å². The third-order valence-electron chi connectivity index (χ3n) is 2.98. The van der Waals surface area contributed by atoms with Gasteiger partial charge in [0.25, 0.3) is 0 Å². The molecule has 1 unspecified atom stereocenters. The van der Waals surface area contributed by atoms with Crippen molar-refractivity contribution in [2.75, 3.05) is 6.61 Å². The van der Waals surface area contributed by atoms with E-state index in [9.17, 15) is 4.79 Å². The number of hydrogen-bond donors (Lipinski definition) is 1. The Hall–Kier alpha value is 0.160. The second kappa shape index (κ2) is 4.79. The highest BCUT2D eigenvalue weighted by Gasteiger charge is 2.30. The van der Waals surface area contributed by atoms with E-state index in [1.165, 1.54) is 12.8 Å². The van der Waals surface area contributed by atoms with Gasteiger partial charge < -0.3 is 10.1 Å². The minimum Gasteiger partial charge on any atom is -0.368 e. The number of carbonyl (C=O) groups excluding carboxylic acids is 1. The van der Waals surface area contributed by atoms with Crippen LogP contribution >= 0.6 is 22.6 Å². The summed E-state index contributed by atoms with van der Waals surface area (Å²) in [6, 6.07) is 0.382. The number of amides is 1. The summed E-state index contributed by atoms with van der Waals surface area (Å²) in [4.78, 5) is 11.7. The molecule has 0 aromatic rings. The fourth-order valence-electron chi connectivity index (χ4n) is 2.14. The smallest absolute Gasteiger partial charge is 0.249 e. The van der Waals surface area contributed by atoms with Crippen LogP contribution in [0, 0.1) is 0 Å². The molecule has 1 amide bonds. The first-order valence-electron chi connectivity index (χ1n) is 5.33. The van der Waals surface area contributed by atoms with E-state index in [1.807, 2.05) is 0 Å². The Kier molecular flexibility index (Phi) is 3.65. The maximum absolute atomic E-state index is 11.7. The number of hydrogen-bond acceptors (Lipinski definition) is 2. The number of alkyl halides is 1. The molecule has 1 saturated heterocycles. The Morgan fingerprint density at radius 1 is 1.29 bits per heavy atom. The molecular formula is C10H16INO2. The molecule has 1 aliphatic heterocycles. The minimum absolute atomic E-state index is 0.107. The van der Waals surface area contributed by atoms with E-state index in [2.05, 4.69) is 27.9 Å². The highest BCUT2D eigenvalue weighted by atomic mass is 127. The van der Waals surface area contributed by atoms with E-state index < -0.39 is 0 Å². The molecule has 2 aliphatic rings. The summed E-state index contributed by atoms with van der Waals surface area (Å²) < 4.78 is 5.95.